The summed E-state index contributed by atoms with van der Waals surface area (Å²) in [6, 6.07) is 2.76. The lowest BCUT2D eigenvalue weighted by molar-refractivity contribution is -0.198. The Morgan fingerprint density at radius 1 is 1.10 bits per heavy atom. The maximum absolute atomic E-state index is 14.2. The molecule has 1 aromatic carbocycles. The number of hydrogen-bond donors (Lipinski definition) is 1. The first kappa shape index (κ1) is 36.6. The fraction of sp³-hybridized carbons (Fsp3) is 0.571. The average Bonchev–Trinajstić information content (AvgIpc) is 3.45. The number of piperidine rings is 1. The molecule has 15 nitrogen and oxygen atoms in total. The van der Waals surface area contributed by atoms with Crippen molar-refractivity contribution < 1.29 is 47.6 Å². The number of aryl methyl sites for hydroxylation is 1. The number of carbonyl (C=O) groups excluding carboxylic acids is 4. The molecule has 50 heavy (non-hydrogen) atoms. The molecule has 0 bridgehead atoms. The number of anilines is 2. The van der Waals surface area contributed by atoms with Gasteiger partial charge in [0.15, 0.2) is 29.8 Å². The number of nitrogens with one attached hydrogen (secondary N) is 1. The molecule has 5 rings (SSSR count). The third-order valence-electron chi connectivity index (χ3n) is 8.74. The smallest absolute Gasteiger partial charge is 0.416 e. The van der Waals surface area contributed by atoms with Crippen LogP contribution in [0.15, 0.2) is 30.5 Å². The van der Waals surface area contributed by atoms with Crippen LogP contribution in [0, 0.1) is 0 Å². The minimum absolute atomic E-state index is 0.0420. The molecule has 0 radical (unpaired) electrons. The van der Waals surface area contributed by atoms with Crippen LogP contribution in [-0.4, -0.2) is 97.0 Å². The Bertz CT molecular complexity index is 1550. The van der Waals surface area contributed by atoms with Gasteiger partial charge in [-0.25, -0.2) is 19.5 Å². The van der Waals surface area contributed by atoms with Crippen molar-refractivity contribution >= 4 is 35.4 Å². The summed E-state index contributed by atoms with van der Waals surface area (Å²) in [7, 11) is 3.11. The molecule has 0 aliphatic carbocycles. The Balaban J connectivity index is 1.37. The summed E-state index contributed by atoms with van der Waals surface area (Å²) in [5.74, 6) is -0.261. The van der Waals surface area contributed by atoms with E-state index in [2.05, 4.69) is 10.3 Å². The number of esters is 1. The van der Waals surface area contributed by atoms with Crippen LogP contribution in [0.1, 0.15) is 86.2 Å². The fourth-order valence-corrected chi connectivity index (χ4v) is 6.31. The number of ether oxygens (including phenoxy) is 6. The van der Waals surface area contributed by atoms with Crippen LogP contribution >= 0.6 is 0 Å². The third-order valence-corrected chi connectivity index (χ3v) is 8.74. The lowest BCUT2D eigenvalue weighted by Crippen LogP contribution is -2.57. The number of carbonyl (C=O) groups is 4. The predicted molar refractivity (Wildman–Crippen MR) is 181 cm³/mol. The number of benzene rings is 1. The molecular formula is C35H47N5O10. The molecule has 3 aliphatic heterocycles. The van der Waals surface area contributed by atoms with Crippen molar-refractivity contribution in [1.29, 1.82) is 0 Å². The van der Waals surface area contributed by atoms with Crippen LogP contribution in [0.3, 0.4) is 0 Å². The number of allylic oxidation sites excluding steroid dienone is 1. The maximum atomic E-state index is 14.2. The highest BCUT2D eigenvalue weighted by molar-refractivity contribution is 6.06. The predicted octanol–water partition coefficient (Wildman–Crippen LogP) is 4.80. The number of fused-ring (bicyclic) bond motifs is 2. The van der Waals surface area contributed by atoms with Crippen LogP contribution in [0.25, 0.3) is 0 Å². The quantitative estimate of drug-likeness (QED) is 0.174. The second kappa shape index (κ2) is 17.3. The molecule has 0 spiro atoms. The van der Waals surface area contributed by atoms with Crippen molar-refractivity contribution in [3.8, 4) is 11.5 Å². The molecule has 2 fully saturated rings. The largest absolute Gasteiger partial charge is 0.493 e. The zero-order valence-corrected chi connectivity index (χ0v) is 29.2. The van der Waals surface area contributed by atoms with E-state index in [4.69, 9.17) is 28.4 Å². The molecular weight excluding hydrogens is 650 g/mol. The second-order valence-corrected chi connectivity index (χ2v) is 12.2. The first-order chi connectivity index (χ1) is 24.2. The number of nitrogens with zero attached hydrogens (tertiary/aromatic N) is 4. The zero-order chi connectivity index (χ0) is 35.6. The summed E-state index contributed by atoms with van der Waals surface area (Å²) in [6.07, 6.45) is 8.23. The van der Waals surface area contributed by atoms with Crippen LogP contribution in [0.5, 0.6) is 11.5 Å². The molecule has 3 amide bonds. The minimum atomic E-state index is -0.873. The van der Waals surface area contributed by atoms with E-state index in [-0.39, 0.29) is 66.7 Å². The molecule has 4 heterocycles. The van der Waals surface area contributed by atoms with Gasteiger partial charge in [0.1, 0.15) is 6.61 Å². The number of hydrogen-bond acceptors (Lipinski definition) is 11. The summed E-state index contributed by atoms with van der Waals surface area (Å²) in [4.78, 5) is 60.2. The summed E-state index contributed by atoms with van der Waals surface area (Å²) in [6.45, 7) is 4.97. The number of aromatic nitrogens is 2. The SMILES string of the molecule is C/C=C\COC(=O)N1c2cc(OCCCC(=O)Nc3cn(C)c(C(=O)OCC)n3)c(OC)cc2C(=O)N2CCCCC2C1OC1CCCCO1. The van der Waals surface area contributed by atoms with Gasteiger partial charge in [-0.15, -0.1) is 0 Å². The minimum Gasteiger partial charge on any atom is -0.493 e. The van der Waals surface area contributed by atoms with Crippen LogP contribution in [0.4, 0.5) is 16.3 Å². The van der Waals surface area contributed by atoms with E-state index in [1.54, 1.807) is 43.2 Å². The Labute approximate surface area is 291 Å². The van der Waals surface area contributed by atoms with Gasteiger partial charge in [0, 0.05) is 38.9 Å². The molecule has 272 valence electrons. The van der Waals surface area contributed by atoms with Gasteiger partial charge in [0.2, 0.25) is 11.7 Å². The van der Waals surface area contributed by atoms with Gasteiger partial charge in [-0.1, -0.05) is 12.2 Å². The number of methoxy groups -OCH3 is 1. The molecule has 3 unspecified atom stereocenters. The van der Waals surface area contributed by atoms with Gasteiger partial charge in [-0.3, -0.25) is 9.59 Å². The molecule has 2 saturated heterocycles. The van der Waals surface area contributed by atoms with E-state index in [1.165, 1.54) is 22.8 Å². The number of imidazole rings is 1. The monoisotopic (exact) mass is 697 g/mol. The molecule has 1 aromatic heterocycles. The van der Waals surface area contributed by atoms with E-state index < -0.39 is 30.6 Å². The Kier molecular flexibility index (Phi) is 12.7. The van der Waals surface area contributed by atoms with E-state index in [0.717, 1.165) is 25.7 Å². The normalized spacial score (nSPS) is 20.5. The van der Waals surface area contributed by atoms with Gasteiger partial charge < -0.3 is 43.2 Å². The van der Waals surface area contributed by atoms with Crippen molar-refractivity contribution in [1.82, 2.24) is 14.5 Å². The van der Waals surface area contributed by atoms with Gasteiger partial charge >= 0.3 is 12.1 Å². The van der Waals surface area contributed by atoms with Gasteiger partial charge in [-0.05, 0) is 64.9 Å². The van der Waals surface area contributed by atoms with Crippen molar-refractivity contribution in [3.63, 3.8) is 0 Å². The molecule has 3 aliphatic rings. The highest BCUT2D eigenvalue weighted by Gasteiger charge is 2.46. The van der Waals surface area contributed by atoms with Crippen molar-refractivity contribution in [2.75, 3.05) is 50.3 Å². The highest BCUT2D eigenvalue weighted by Crippen LogP contribution is 2.42. The number of amides is 3. The Hall–Kier alpha value is -4.63. The maximum Gasteiger partial charge on any atom is 0.416 e. The summed E-state index contributed by atoms with van der Waals surface area (Å²) >= 11 is 0. The highest BCUT2D eigenvalue weighted by atomic mass is 16.7. The summed E-state index contributed by atoms with van der Waals surface area (Å²) in [5.41, 5.74) is 0.536. The van der Waals surface area contributed by atoms with E-state index in [9.17, 15) is 19.2 Å². The Morgan fingerprint density at radius 2 is 1.92 bits per heavy atom. The zero-order valence-electron chi connectivity index (χ0n) is 29.2. The van der Waals surface area contributed by atoms with Gasteiger partial charge in [0.25, 0.3) is 5.91 Å². The van der Waals surface area contributed by atoms with Crippen LogP contribution in [-0.2, 0) is 30.8 Å². The number of rotatable bonds is 13. The standard InChI is InChI=1S/C35H47N5O10/c1-5-7-17-49-35(44)40-25-21-27(47-19-12-14-29(41)36-28-22-38(3)31(37-28)34(43)46-6-2)26(45-4)20-23(25)32(42)39-16-10-8-13-24(39)33(40)50-30-15-9-11-18-48-30/h5,7,20-22,24,30,33H,6,8-19H2,1-4H3,(H,36,41)/b7-5-. The molecule has 0 saturated carbocycles. The van der Waals surface area contributed by atoms with Crippen molar-refractivity contribution in [3.05, 3.63) is 41.9 Å². The first-order valence-electron chi connectivity index (χ1n) is 17.3. The summed E-state index contributed by atoms with van der Waals surface area (Å²) < 4.78 is 36.4. The van der Waals surface area contributed by atoms with E-state index in [0.29, 0.717) is 38.2 Å². The van der Waals surface area contributed by atoms with Crippen molar-refractivity contribution in [2.24, 2.45) is 7.05 Å². The second-order valence-electron chi connectivity index (χ2n) is 12.2. The van der Waals surface area contributed by atoms with Crippen LogP contribution < -0.4 is 19.7 Å². The lowest BCUT2D eigenvalue weighted by Gasteiger charge is -2.42. The Morgan fingerprint density at radius 3 is 2.66 bits per heavy atom. The lowest BCUT2D eigenvalue weighted by atomic mass is 10.00. The third kappa shape index (κ3) is 8.56. The van der Waals surface area contributed by atoms with Gasteiger partial charge in [-0.2, -0.15) is 0 Å². The van der Waals surface area contributed by atoms with Gasteiger partial charge in [0.05, 0.1) is 37.6 Å². The van der Waals surface area contributed by atoms with E-state index >= 15 is 0 Å². The molecule has 2 aromatic rings. The topological polar surface area (TPSA) is 160 Å². The fourth-order valence-electron chi connectivity index (χ4n) is 6.31. The van der Waals surface area contributed by atoms with Crippen molar-refractivity contribution in [2.45, 2.75) is 83.8 Å². The van der Waals surface area contributed by atoms with E-state index in [1.807, 2.05) is 6.92 Å². The molecule has 1 N–H and O–H groups in total. The molecule has 15 heteroatoms. The summed E-state index contributed by atoms with van der Waals surface area (Å²) in [5, 5.41) is 2.69. The van der Waals surface area contributed by atoms with Crippen LogP contribution in [0.2, 0.25) is 0 Å². The average molecular weight is 698 g/mol. The molecule has 3 atom stereocenters. The first-order valence-corrected chi connectivity index (χ1v) is 17.3.